The van der Waals surface area contributed by atoms with Gasteiger partial charge < -0.3 is 4.90 Å². The summed E-state index contributed by atoms with van der Waals surface area (Å²) in [6, 6.07) is 14.6. The molecule has 1 aliphatic heterocycles. The first-order chi connectivity index (χ1) is 13.3. The predicted molar refractivity (Wildman–Crippen MR) is 107 cm³/mol. The maximum absolute atomic E-state index is 4.95. The molecule has 0 aliphatic carbocycles. The topological polar surface area (TPSA) is 49.6 Å². The zero-order valence-corrected chi connectivity index (χ0v) is 15.4. The van der Waals surface area contributed by atoms with Crippen molar-refractivity contribution in [3.8, 4) is 0 Å². The van der Waals surface area contributed by atoms with Crippen LogP contribution < -0.4 is 4.90 Å². The number of hydrogen-bond donors (Lipinski definition) is 0. The summed E-state index contributed by atoms with van der Waals surface area (Å²) in [6.07, 6.45) is 3.78. The number of aromatic nitrogens is 4. The molecule has 1 saturated heterocycles. The van der Waals surface area contributed by atoms with Crippen LogP contribution >= 0.6 is 0 Å². The molecule has 1 fully saturated rings. The van der Waals surface area contributed by atoms with Gasteiger partial charge in [0.15, 0.2) is 5.65 Å². The van der Waals surface area contributed by atoms with Crippen molar-refractivity contribution in [2.75, 3.05) is 31.1 Å². The Morgan fingerprint density at radius 1 is 1.00 bits per heavy atom. The van der Waals surface area contributed by atoms with Crippen molar-refractivity contribution >= 4 is 22.4 Å². The Morgan fingerprint density at radius 2 is 1.85 bits per heavy atom. The van der Waals surface area contributed by atoms with Gasteiger partial charge in [0.05, 0.1) is 11.2 Å². The van der Waals surface area contributed by atoms with E-state index in [2.05, 4.69) is 56.3 Å². The Hall–Kier alpha value is -2.99. The second kappa shape index (κ2) is 6.63. The van der Waals surface area contributed by atoms with Crippen LogP contribution in [-0.2, 0) is 6.54 Å². The smallest absolute Gasteiger partial charge is 0.158 e. The van der Waals surface area contributed by atoms with Crippen LogP contribution in [0.5, 0.6) is 0 Å². The van der Waals surface area contributed by atoms with Crippen molar-refractivity contribution in [2.24, 2.45) is 0 Å². The fraction of sp³-hybridized carbons (Fsp3) is 0.286. The van der Waals surface area contributed by atoms with Gasteiger partial charge in [0.25, 0.3) is 0 Å². The SMILES string of the molecule is Cc1cc2nc(N3CCN(Cc4cccnc4)CC3)c3ccccc3n2n1. The number of pyridine rings is 1. The molecule has 27 heavy (non-hydrogen) atoms. The number of anilines is 1. The average Bonchev–Trinajstić information content (AvgIpc) is 3.09. The molecule has 4 aromatic rings. The predicted octanol–water partition coefficient (Wildman–Crippen LogP) is 2.91. The van der Waals surface area contributed by atoms with Crippen LogP contribution in [0.3, 0.4) is 0 Å². The third-order valence-corrected chi connectivity index (χ3v) is 5.21. The minimum absolute atomic E-state index is 0.916. The number of fused-ring (bicyclic) bond motifs is 3. The van der Waals surface area contributed by atoms with E-state index >= 15 is 0 Å². The Kier molecular flexibility index (Phi) is 3.98. The molecule has 136 valence electrons. The molecular formula is C21H22N6. The molecule has 0 radical (unpaired) electrons. The average molecular weight is 358 g/mol. The highest BCUT2D eigenvalue weighted by atomic mass is 15.3. The second-order valence-electron chi connectivity index (χ2n) is 7.13. The van der Waals surface area contributed by atoms with Gasteiger partial charge in [-0.15, -0.1) is 0 Å². The van der Waals surface area contributed by atoms with E-state index in [4.69, 9.17) is 4.98 Å². The minimum atomic E-state index is 0.916. The van der Waals surface area contributed by atoms with Gasteiger partial charge in [-0.3, -0.25) is 9.88 Å². The molecular weight excluding hydrogens is 336 g/mol. The molecule has 6 nitrogen and oxygen atoms in total. The van der Waals surface area contributed by atoms with Crippen molar-refractivity contribution in [1.82, 2.24) is 24.5 Å². The highest BCUT2D eigenvalue weighted by molar-refractivity contribution is 5.91. The van der Waals surface area contributed by atoms with E-state index in [0.29, 0.717) is 0 Å². The summed E-state index contributed by atoms with van der Waals surface area (Å²) in [5.74, 6) is 1.07. The number of para-hydroxylation sites is 1. The molecule has 4 heterocycles. The first-order valence-corrected chi connectivity index (χ1v) is 9.39. The molecule has 0 unspecified atom stereocenters. The Balaban J connectivity index is 1.42. The fourth-order valence-corrected chi connectivity index (χ4v) is 3.87. The lowest BCUT2D eigenvalue weighted by Crippen LogP contribution is -2.46. The van der Waals surface area contributed by atoms with Gasteiger partial charge in [0.1, 0.15) is 5.82 Å². The summed E-state index contributed by atoms with van der Waals surface area (Å²) in [6.45, 7) is 6.96. The number of hydrogen-bond acceptors (Lipinski definition) is 5. The van der Waals surface area contributed by atoms with Gasteiger partial charge in [-0.1, -0.05) is 18.2 Å². The van der Waals surface area contributed by atoms with E-state index in [0.717, 1.165) is 60.8 Å². The van der Waals surface area contributed by atoms with Crippen molar-refractivity contribution < 1.29 is 0 Å². The van der Waals surface area contributed by atoms with Gasteiger partial charge in [-0.05, 0) is 30.7 Å². The fourth-order valence-electron chi connectivity index (χ4n) is 3.87. The third-order valence-electron chi connectivity index (χ3n) is 5.21. The van der Waals surface area contributed by atoms with Crippen LogP contribution in [-0.4, -0.2) is 50.7 Å². The first-order valence-electron chi connectivity index (χ1n) is 9.39. The van der Waals surface area contributed by atoms with E-state index in [1.54, 1.807) is 0 Å². The van der Waals surface area contributed by atoms with Crippen molar-refractivity contribution in [2.45, 2.75) is 13.5 Å². The standard InChI is InChI=1S/C21H22N6/c1-16-13-20-23-21(18-6-2-3-7-19(18)27(20)24-16)26-11-9-25(10-12-26)15-17-5-4-8-22-14-17/h2-8,13-14H,9-12,15H2,1H3. The molecule has 0 atom stereocenters. The van der Waals surface area contributed by atoms with E-state index in [-0.39, 0.29) is 0 Å². The second-order valence-corrected chi connectivity index (χ2v) is 7.13. The zero-order chi connectivity index (χ0) is 18.2. The van der Waals surface area contributed by atoms with Gasteiger partial charge in [0, 0.05) is 56.6 Å². The number of piperazine rings is 1. The molecule has 3 aromatic heterocycles. The van der Waals surface area contributed by atoms with Crippen molar-refractivity contribution in [1.29, 1.82) is 0 Å². The van der Waals surface area contributed by atoms with E-state index in [1.807, 2.05) is 29.9 Å². The van der Waals surface area contributed by atoms with Crippen LogP contribution in [0.1, 0.15) is 11.3 Å². The summed E-state index contributed by atoms with van der Waals surface area (Å²) in [5, 5.41) is 5.77. The minimum Gasteiger partial charge on any atom is -0.353 e. The normalized spacial score (nSPS) is 15.7. The highest BCUT2D eigenvalue weighted by Gasteiger charge is 2.21. The molecule has 1 aromatic carbocycles. The number of nitrogens with zero attached hydrogens (tertiary/aromatic N) is 6. The maximum Gasteiger partial charge on any atom is 0.158 e. The lowest BCUT2D eigenvalue weighted by molar-refractivity contribution is 0.249. The summed E-state index contributed by atoms with van der Waals surface area (Å²) < 4.78 is 1.95. The first kappa shape index (κ1) is 16.2. The molecule has 0 saturated carbocycles. The number of aryl methyl sites for hydroxylation is 1. The summed E-state index contributed by atoms with van der Waals surface area (Å²) in [5.41, 5.74) is 4.29. The van der Waals surface area contributed by atoms with Crippen LogP contribution in [0.25, 0.3) is 16.6 Å². The van der Waals surface area contributed by atoms with E-state index < -0.39 is 0 Å². The zero-order valence-electron chi connectivity index (χ0n) is 15.4. The third kappa shape index (κ3) is 3.02. The number of benzene rings is 1. The Bertz CT molecular complexity index is 1080. The van der Waals surface area contributed by atoms with Gasteiger partial charge >= 0.3 is 0 Å². The highest BCUT2D eigenvalue weighted by Crippen LogP contribution is 2.27. The molecule has 6 heteroatoms. The summed E-state index contributed by atoms with van der Waals surface area (Å²) in [7, 11) is 0. The molecule has 0 N–H and O–H groups in total. The van der Waals surface area contributed by atoms with Gasteiger partial charge in [0.2, 0.25) is 0 Å². The molecule has 5 rings (SSSR count). The lowest BCUT2D eigenvalue weighted by Gasteiger charge is -2.35. The lowest BCUT2D eigenvalue weighted by atomic mass is 10.2. The summed E-state index contributed by atoms with van der Waals surface area (Å²) >= 11 is 0. The number of rotatable bonds is 3. The Labute approximate surface area is 158 Å². The van der Waals surface area contributed by atoms with Gasteiger partial charge in [-0.2, -0.15) is 5.10 Å². The summed E-state index contributed by atoms with van der Waals surface area (Å²) in [4.78, 5) is 14.1. The van der Waals surface area contributed by atoms with Crippen LogP contribution in [0.15, 0.2) is 54.9 Å². The Morgan fingerprint density at radius 3 is 2.67 bits per heavy atom. The molecule has 1 aliphatic rings. The monoisotopic (exact) mass is 358 g/mol. The van der Waals surface area contributed by atoms with Crippen LogP contribution in [0, 0.1) is 6.92 Å². The van der Waals surface area contributed by atoms with Crippen molar-refractivity contribution in [3.63, 3.8) is 0 Å². The van der Waals surface area contributed by atoms with Crippen LogP contribution in [0.2, 0.25) is 0 Å². The molecule has 0 spiro atoms. The maximum atomic E-state index is 4.95. The van der Waals surface area contributed by atoms with Crippen molar-refractivity contribution in [3.05, 3.63) is 66.1 Å². The van der Waals surface area contributed by atoms with Gasteiger partial charge in [-0.25, -0.2) is 9.50 Å². The van der Waals surface area contributed by atoms with E-state index in [9.17, 15) is 0 Å². The van der Waals surface area contributed by atoms with E-state index in [1.165, 1.54) is 5.56 Å². The largest absolute Gasteiger partial charge is 0.353 e. The molecule has 0 bridgehead atoms. The molecule has 0 amide bonds. The van der Waals surface area contributed by atoms with Crippen LogP contribution in [0.4, 0.5) is 5.82 Å². The quantitative estimate of drug-likeness (QED) is 0.564.